The first-order valence-corrected chi connectivity index (χ1v) is 13.7. The van der Waals surface area contributed by atoms with Gasteiger partial charge in [-0.3, -0.25) is 9.59 Å². The molecule has 2 unspecified atom stereocenters. The number of ether oxygens (including phenoxy) is 1. The van der Waals surface area contributed by atoms with Crippen molar-refractivity contribution in [2.75, 3.05) is 6.54 Å². The molecule has 210 valence electrons. The molecule has 0 bridgehead atoms. The minimum Gasteiger partial charge on any atom is -0.444 e. The van der Waals surface area contributed by atoms with E-state index in [0.29, 0.717) is 13.0 Å². The van der Waals surface area contributed by atoms with Crippen molar-refractivity contribution in [1.82, 2.24) is 15.5 Å². The second-order valence-electron chi connectivity index (χ2n) is 12.1. The Bertz CT molecular complexity index is 898. The van der Waals surface area contributed by atoms with E-state index in [0.717, 1.165) is 36.0 Å². The zero-order valence-corrected chi connectivity index (χ0v) is 25.1. The van der Waals surface area contributed by atoms with Crippen LogP contribution in [-0.4, -0.2) is 46.5 Å². The van der Waals surface area contributed by atoms with E-state index in [2.05, 4.69) is 23.6 Å². The van der Waals surface area contributed by atoms with Crippen LogP contribution in [0.15, 0.2) is 18.2 Å². The van der Waals surface area contributed by atoms with Gasteiger partial charge in [0.05, 0.1) is 0 Å². The molecule has 0 spiro atoms. The number of hydrogen-bond acceptors (Lipinski definition) is 4. The molecule has 0 heterocycles. The van der Waals surface area contributed by atoms with Gasteiger partial charge in [0.15, 0.2) is 0 Å². The van der Waals surface area contributed by atoms with Crippen LogP contribution in [-0.2, 0) is 14.3 Å². The number of amides is 3. The molecule has 7 nitrogen and oxygen atoms in total. The quantitative estimate of drug-likeness (QED) is 0.322. The second-order valence-corrected chi connectivity index (χ2v) is 12.1. The third-order valence-corrected chi connectivity index (χ3v) is 6.51. The van der Waals surface area contributed by atoms with Gasteiger partial charge in [0.1, 0.15) is 17.7 Å². The van der Waals surface area contributed by atoms with Gasteiger partial charge in [-0.05, 0) is 72.8 Å². The predicted octanol–water partition coefficient (Wildman–Crippen LogP) is 6.22. The molecule has 1 aromatic rings. The molecule has 0 aliphatic rings. The number of unbranched alkanes of at least 4 members (excludes halogenated alkanes) is 2. The third kappa shape index (κ3) is 10.0. The van der Waals surface area contributed by atoms with Crippen LogP contribution in [0, 0.1) is 19.8 Å². The van der Waals surface area contributed by atoms with Crippen LogP contribution < -0.4 is 10.6 Å². The first-order chi connectivity index (χ1) is 17.0. The number of aryl methyl sites for hydroxylation is 2. The Labute approximate surface area is 225 Å². The zero-order valence-electron chi connectivity index (χ0n) is 25.1. The van der Waals surface area contributed by atoms with Gasteiger partial charge in [0, 0.05) is 12.1 Å². The van der Waals surface area contributed by atoms with Crippen molar-refractivity contribution in [2.45, 2.75) is 125 Å². The lowest BCUT2D eigenvalue weighted by atomic mass is 9.89. The minimum atomic E-state index is -0.859. The highest BCUT2D eigenvalue weighted by molar-refractivity contribution is 5.93. The van der Waals surface area contributed by atoms with Crippen LogP contribution in [0.2, 0.25) is 0 Å². The maximum absolute atomic E-state index is 14.3. The number of carbonyl (C=O) groups excluding carboxylic acids is 3. The number of nitrogens with one attached hydrogen (secondary N) is 2. The van der Waals surface area contributed by atoms with Crippen molar-refractivity contribution in [3.63, 3.8) is 0 Å². The van der Waals surface area contributed by atoms with E-state index in [4.69, 9.17) is 4.74 Å². The lowest BCUT2D eigenvalue weighted by Crippen LogP contribution is -2.60. The Morgan fingerprint density at radius 3 is 1.97 bits per heavy atom. The van der Waals surface area contributed by atoms with Crippen molar-refractivity contribution in [3.8, 4) is 0 Å². The SMILES string of the molecule is CCCCCNC(=O)C(c1cc(C)cc(C)c1)N(C(=O)C(NC(=O)OC(C)(C)C)C(C)C)C(C)(C)CC. The standard InChI is InChI=1S/C30H51N3O4/c1-12-14-15-16-31-26(34)25(23-18-21(5)17-22(6)19-23)33(30(10,11)13-2)27(35)24(20(3)4)32-28(36)37-29(7,8)9/h17-20,24-25H,12-16H2,1-11H3,(H,31,34)(H,32,36). The van der Waals surface area contributed by atoms with Gasteiger partial charge in [-0.1, -0.05) is 69.9 Å². The van der Waals surface area contributed by atoms with E-state index in [1.54, 1.807) is 25.7 Å². The summed E-state index contributed by atoms with van der Waals surface area (Å²) in [5.74, 6) is -0.737. The van der Waals surface area contributed by atoms with Crippen LogP contribution in [0.5, 0.6) is 0 Å². The molecule has 2 atom stereocenters. The summed E-state index contributed by atoms with van der Waals surface area (Å²) in [6, 6.07) is 4.30. The molecule has 0 aliphatic heterocycles. The molecular formula is C30H51N3O4. The monoisotopic (exact) mass is 517 g/mol. The fraction of sp³-hybridized carbons (Fsp3) is 0.700. The second kappa shape index (κ2) is 13.8. The first-order valence-electron chi connectivity index (χ1n) is 13.7. The van der Waals surface area contributed by atoms with Crippen molar-refractivity contribution in [3.05, 3.63) is 34.9 Å². The van der Waals surface area contributed by atoms with E-state index < -0.39 is 29.3 Å². The van der Waals surface area contributed by atoms with Crippen LogP contribution in [0.4, 0.5) is 4.79 Å². The molecule has 7 heteroatoms. The molecule has 0 radical (unpaired) electrons. The molecule has 0 saturated carbocycles. The number of alkyl carbamates (subject to hydrolysis) is 1. The van der Waals surface area contributed by atoms with Gasteiger partial charge >= 0.3 is 6.09 Å². The summed E-state index contributed by atoms with van der Waals surface area (Å²) in [5, 5.41) is 5.87. The largest absolute Gasteiger partial charge is 0.444 e. The van der Waals surface area contributed by atoms with Gasteiger partial charge < -0.3 is 20.3 Å². The van der Waals surface area contributed by atoms with E-state index in [9.17, 15) is 14.4 Å². The Morgan fingerprint density at radius 2 is 1.51 bits per heavy atom. The molecule has 0 fully saturated rings. The predicted molar refractivity (Wildman–Crippen MR) is 150 cm³/mol. The Kier molecular flexibility index (Phi) is 12.1. The Morgan fingerprint density at radius 1 is 0.946 bits per heavy atom. The number of nitrogens with zero attached hydrogens (tertiary/aromatic N) is 1. The maximum Gasteiger partial charge on any atom is 0.408 e. The summed E-state index contributed by atoms with van der Waals surface area (Å²) >= 11 is 0. The summed E-state index contributed by atoms with van der Waals surface area (Å²) in [4.78, 5) is 42.5. The topological polar surface area (TPSA) is 87.7 Å². The molecule has 0 saturated heterocycles. The number of carbonyl (C=O) groups is 3. The minimum absolute atomic E-state index is 0.212. The smallest absolute Gasteiger partial charge is 0.408 e. The van der Waals surface area contributed by atoms with Gasteiger partial charge in [0.25, 0.3) is 0 Å². The van der Waals surface area contributed by atoms with Gasteiger partial charge in [-0.25, -0.2) is 4.79 Å². The fourth-order valence-corrected chi connectivity index (χ4v) is 4.31. The van der Waals surface area contributed by atoms with Crippen LogP contribution in [0.3, 0.4) is 0 Å². The van der Waals surface area contributed by atoms with Crippen molar-refractivity contribution < 1.29 is 19.1 Å². The fourth-order valence-electron chi connectivity index (χ4n) is 4.31. The lowest BCUT2D eigenvalue weighted by Gasteiger charge is -2.45. The van der Waals surface area contributed by atoms with Crippen LogP contribution >= 0.6 is 0 Å². The van der Waals surface area contributed by atoms with Crippen molar-refractivity contribution >= 4 is 17.9 Å². The van der Waals surface area contributed by atoms with Crippen molar-refractivity contribution in [2.24, 2.45) is 5.92 Å². The molecule has 37 heavy (non-hydrogen) atoms. The zero-order chi connectivity index (χ0) is 28.6. The molecule has 0 aliphatic carbocycles. The van der Waals surface area contributed by atoms with Gasteiger partial charge in [-0.15, -0.1) is 0 Å². The average Bonchev–Trinajstić information content (AvgIpc) is 2.75. The van der Waals surface area contributed by atoms with E-state index in [-0.39, 0.29) is 17.7 Å². The van der Waals surface area contributed by atoms with Crippen molar-refractivity contribution in [1.29, 1.82) is 0 Å². The molecule has 1 rings (SSSR count). The summed E-state index contributed by atoms with van der Waals surface area (Å²) < 4.78 is 5.46. The third-order valence-electron chi connectivity index (χ3n) is 6.51. The molecule has 3 amide bonds. The Hall–Kier alpha value is -2.57. The number of benzene rings is 1. The highest BCUT2D eigenvalue weighted by Gasteiger charge is 2.43. The van der Waals surface area contributed by atoms with Crippen LogP contribution in [0.1, 0.15) is 111 Å². The van der Waals surface area contributed by atoms with E-state index >= 15 is 0 Å². The summed E-state index contributed by atoms with van der Waals surface area (Å²) in [6.07, 6.45) is 2.92. The average molecular weight is 518 g/mol. The molecular weight excluding hydrogens is 466 g/mol. The summed E-state index contributed by atoms with van der Waals surface area (Å²) in [6.45, 7) is 21.7. The highest BCUT2D eigenvalue weighted by Crippen LogP contribution is 2.33. The summed E-state index contributed by atoms with van der Waals surface area (Å²) in [7, 11) is 0. The maximum atomic E-state index is 14.3. The van der Waals surface area contributed by atoms with Gasteiger partial charge in [-0.2, -0.15) is 0 Å². The highest BCUT2D eigenvalue weighted by atomic mass is 16.6. The molecule has 0 aromatic heterocycles. The number of hydrogen-bond donors (Lipinski definition) is 2. The normalized spacial score (nSPS) is 13.6. The van der Waals surface area contributed by atoms with E-state index in [1.165, 1.54) is 0 Å². The van der Waals surface area contributed by atoms with E-state index in [1.807, 2.05) is 60.6 Å². The number of rotatable bonds is 12. The Balaban J connectivity index is 3.61. The van der Waals surface area contributed by atoms with Crippen LogP contribution in [0.25, 0.3) is 0 Å². The molecule has 1 aromatic carbocycles. The van der Waals surface area contributed by atoms with Gasteiger partial charge in [0.2, 0.25) is 11.8 Å². The molecule has 2 N–H and O–H groups in total. The summed E-state index contributed by atoms with van der Waals surface area (Å²) in [5.41, 5.74) is 1.45. The lowest BCUT2D eigenvalue weighted by molar-refractivity contribution is -0.150. The first kappa shape index (κ1) is 32.5.